The summed E-state index contributed by atoms with van der Waals surface area (Å²) in [6.45, 7) is 2.25. The zero-order chi connectivity index (χ0) is 21.5. The highest BCUT2D eigenvalue weighted by Gasteiger charge is 2.29. The molecule has 8 nitrogen and oxygen atoms in total. The van der Waals surface area contributed by atoms with Crippen molar-refractivity contribution in [3.8, 4) is 0 Å². The molecule has 2 aliphatic heterocycles. The molecule has 0 radical (unpaired) electrons. The fraction of sp³-hybridized carbons (Fsp3) is 0.417. The van der Waals surface area contributed by atoms with Crippen LogP contribution in [-0.4, -0.2) is 43.2 Å². The Kier molecular flexibility index (Phi) is 5.93. The molecule has 0 spiro atoms. The topological polar surface area (TPSA) is 85.2 Å². The van der Waals surface area contributed by atoms with E-state index in [9.17, 15) is 4.79 Å². The Morgan fingerprint density at radius 3 is 2.76 bits per heavy atom. The summed E-state index contributed by atoms with van der Waals surface area (Å²) in [7, 11) is 0. The number of halogens is 1. The molecule has 1 amide bonds. The normalized spacial score (nSPS) is 18.8. The van der Waals surface area contributed by atoms with E-state index in [0.29, 0.717) is 37.6 Å². The van der Waals surface area contributed by atoms with Crippen LogP contribution in [0.25, 0.3) is 0 Å². The lowest BCUT2D eigenvalue weighted by Crippen LogP contribution is -2.30. The Balaban J connectivity index is 0.00000228. The molecule has 3 aromatic rings. The van der Waals surface area contributed by atoms with Gasteiger partial charge in [0.25, 0.3) is 0 Å². The highest BCUT2D eigenvalue weighted by atomic mass is 35.5. The first-order valence-electron chi connectivity index (χ1n) is 11.3. The van der Waals surface area contributed by atoms with Crippen LogP contribution in [0.1, 0.15) is 34.6 Å². The fourth-order valence-electron chi connectivity index (χ4n) is 5.05. The van der Waals surface area contributed by atoms with Crippen molar-refractivity contribution in [2.45, 2.75) is 51.4 Å². The van der Waals surface area contributed by atoms with Gasteiger partial charge < -0.3 is 14.6 Å². The van der Waals surface area contributed by atoms with Crippen LogP contribution >= 0.6 is 12.4 Å². The Morgan fingerprint density at radius 2 is 1.94 bits per heavy atom. The molecule has 4 heterocycles. The number of carbonyl (C=O) groups is 1. The number of nitrogens with zero attached hydrogens (tertiary/aromatic N) is 5. The lowest BCUT2D eigenvalue weighted by molar-refractivity contribution is 0.0794. The molecule has 1 aromatic carbocycles. The van der Waals surface area contributed by atoms with Crippen molar-refractivity contribution in [3.05, 3.63) is 71.1 Å². The van der Waals surface area contributed by atoms with E-state index < -0.39 is 0 Å². The Morgan fingerprint density at radius 1 is 1.12 bits per heavy atom. The molecule has 2 aromatic heterocycles. The lowest BCUT2D eigenvalue weighted by atomic mass is 10.0. The molecule has 1 aliphatic carbocycles. The zero-order valence-electron chi connectivity index (χ0n) is 18.3. The summed E-state index contributed by atoms with van der Waals surface area (Å²) in [6, 6.07) is 8.85. The summed E-state index contributed by atoms with van der Waals surface area (Å²) in [5.74, 6) is 2.08. The van der Waals surface area contributed by atoms with E-state index in [0.717, 1.165) is 49.3 Å². The molecule has 1 N–H and O–H groups in total. The number of nitrogens with one attached hydrogen (secondary N) is 1. The predicted octanol–water partition coefficient (Wildman–Crippen LogP) is 3.39. The highest BCUT2D eigenvalue weighted by molar-refractivity contribution is 5.85. The minimum atomic E-state index is -0.278. The van der Waals surface area contributed by atoms with Gasteiger partial charge in [0.1, 0.15) is 5.82 Å². The smallest absolute Gasteiger partial charge is 0.410 e. The Labute approximate surface area is 198 Å². The first kappa shape index (κ1) is 21.7. The van der Waals surface area contributed by atoms with Gasteiger partial charge in [0.2, 0.25) is 5.95 Å². The third-order valence-corrected chi connectivity index (χ3v) is 6.77. The SMILES string of the molecule is Cl.O=C(OCC1CCc2nccn2C1)N1Cc2cnc(NC3Cc4ccccc4C3)nc2C1. The van der Waals surface area contributed by atoms with Crippen molar-refractivity contribution < 1.29 is 9.53 Å². The van der Waals surface area contributed by atoms with Gasteiger partial charge in [0.15, 0.2) is 0 Å². The number of rotatable bonds is 4. The van der Waals surface area contributed by atoms with Crippen molar-refractivity contribution in [3.63, 3.8) is 0 Å². The maximum Gasteiger partial charge on any atom is 0.410 e. The summed E-state index contributed by atoms with van der Waals surface area (Å²) in [6.07, 6.45) is 9.28. The molecule has 1 unspecified atom stereocenters. The monoisotopic (exact) mass is 466 g/mol. The van der Waals surface area contributed by atoms with Crippen LogP contribution in [0.3, 0.4) is 0 Å². The van der Waals surface area contributed by atoms with E-state index in [1.807, 2.05) is 18.6 Å². The quantitative estimate of drug-likeness (QED) is 0.634. The summed E-state index contributed by atoms with van der Waals surface area (Å²) in [4.78, 5) is 27.9. The summed E-state index contributed by atoms with van der Waals surface area (Å²) < 4.78 is 7.80. The van der Waals surface area contributed by atoms with Gasteiger partial charge in [0.05, 0.1) is 25.4 Å². The minimum Gasteiger partial charge on any atom is -0.449 e. The van der Waals surface area contributed by atoms with Crippen LogP contribution in [0.2, 0.25) is 0 Å². The van der Waals surface area contributed by atoms with Gasteiger partial charge >= 0.3 is 6.09 Å². The molecule has 0 fully saturated rings. The van der Waals surface area contributed by atoms with Crippen molar-refractivity contribution in [1.82, 2.24) is 24.4 Å². The molecule has 0 bridgehead atoms. The van der Waals surface area contributed by atoms with E-state index >= 15 is 0 Å². The molecule has 172 valence electrons. The average Bonchev–Trinajstić information content (AvgIpc) is 3.53. The number of ether oxygens (including phenoxy) is 1. The largest absolute Gasteiger partial charge is 0.449 e. The van der Waals surface area contributed by atoms with Gasteiger partial charge in [-0.25, -0.2) is 19.7 Å². The number of benzene rings is 1. The molecule has 9 heteroatoms. The van der Waals surface area contributed by atoms with Gasteiger partial charge in [-0.3, -0.25) is 4.90 Å². The Hall–Kier alpha value is -3.13. The average molecular weight is 467 g/mol. The van der Waals surface area contributed by atoms with Crippen LogP contribution in [0.4, 0.5) is 10.7 Å². The van der Waals surface area contributed by atoms with Crippen molar-refractivity contribution in [2.24, 2.45) is 5.92 Å². The van der Waals surface area contributed by atoms with E-state index in [-0.39, 0.29) is 18.5 Å². The van der Waals surface area contributed by atoms with Crippen LogP contribution in [0, 0.1) is 5.92 Å². The number of imidazole rings is 1. The standard InChI is InChI=1S/C24H26N6O2.ClH/c31-24(32-15-16-5-6-22-25-7-8-29(22)12-16)30-13-19-11-26-23(28-21(19)14-30)27-20-9-17-3-1-2-4-18(17)10-20;/h1-4,7-8,11,16,20H,5-6,9-10,12-15H2,(H,26,27,28);1H. The summed E-state index contributed by atoms with van der Waals surface area (Å²) >= 11 is 0. The molecule has 3 aliphatic rings. The van der Waals surface area contributed by atoms with E-state index in [1.54, 1.807) is 4.90 Å². The number of hydrogen-bond donors (Lipinski definition) is 1. The van der Waals surface area contributed by atoms with Crippen molar-refractivity contribution in [1.29, 1.82) is 0 Å². The molecule has 33 heavy (non-hydrogen) atoms. The van der Waals surface area contributed by atoms with Gasteiger partial charge in [-0.2, -0.15) is 0 Å². The first-order chi connectivity index (χ1) is 15.7. The number of carbonyl (C=O) groups excluding carboxylic acids is 1. The number of hydrogen-bond acceptors (Lipinski definition) is 6. The minimum absolute atomic E-state index is 0. The molecular weight excluding hydrogens is 440 g/mol. The van der Waals surface area contributed by atoms with Crippen LogP contribution in [0.15, 0.2) is 42.9 Å². The Bertz CT molecular complexity index is 1140. The first-order valence-corrected chi connectivity index (χ1v) is 11.3. The third-order valence-electron chi connectivity index (χ3n) is 6.77. The highest BCUT2D eigenvalue weighted by Crippen LogP contribution is 2.26. The maximum absolute atomic E-state index is 12.7. The van der Waals surface area contributed by atoms with Gasteiger partial charge in [-0.05, 0) is 30.4 Å². The van der Waals surface area contributed by atoms with Crippen LogP contribution in [-0.2, 0) is 43.6 Å². The third kappa shape index (κ3) is 4.39. The number of aromatic nitrogens is 4. The molecule has 0 saturated carbocycles. The molecular formula is C24H27ClN6O2. The zero-order valence-corrected chi connectivity index (χ0v) is 19.1. The van der Waals surface area contributed by atoms with Crippen molar-refractivity contribution in [2.75, 3.05) is 11.9 Å². The second kappa shape index (κ2) is 9.02. The summed E-state index contributed by atoms with van der Waals surface area (Å²) in [5, 5.41) is 3.47. The molecule has 0 saturated heterocycles. The number of anilines is 1. The van der Waals surface area contributed by atoms with Crippen LogP contribution < -0.4 is 5.32 Å². The number of amides is 1. The van der Waals surface area contributed by atoms with Gasteiger partial charge in [0, 0.05) is 49.1 Å². The number of fused-ring (bicyclic) bond motifs is 3. The van der Waals surface area contributed by atoms with Gasteiger partial charge in [-0.1, -0.05) is 24.3 Å². The number of aryl methyl sites for hydroxylation is 1. The summed E-state index contributed by atoms with van der Waals surface area (Å²) in [5.41, 5.74) is 4.67. The maximum atomic E-state index is 12.7. The van der Waals surface area contributed by atoms with E-state index in [2.05, 4.69) is 44.1 Å². The van der Waals surface area contributed by atoms with Crippen molar-refractivity contribution >= 4 is 24.4 Å². The molecule has 6 rings (SSSR count). The second-order valence-corrected chi connectivity index (χ2v) is 9.02. The van der Waals surface area contributed by atoms with Crippen LogP contribution in [0.5, 0.6) is 0 Å². The van der Waals surface area contributed by atoms with E-state index in [4.69, 9.17) is 9.72 Å². The lowest BCUT2D eigenvalue weighted by Gasteiger charge is -2.24. The molecule has 1 atom stereocenters. The fourth-order valence-corrected chi connectivity index (χ4v) is 5.05. The van der Waals surface area contributed by atoms with Gasteiger partial charge in [-0.15, -0.1) is 12.4 Å². The van der Waals surface area contributed by atoms with E-state index in [1.165, 1.54) is 11.1 Å². The predicted molar refractivity (Wildman–Crippen MR) is 125 cm³/mol. The second-order valence-electron chi connectivity index (χ2n) is 9.02.